The zero-order valence-electron chi connectivity index (χ0n) is 10.5. The van der Waals surface area contributed by atoms with Crippen molar-refractivity contribution in [2.75, 3.05) is 13.1 Å². The van der Waals surface area contributed by atoms with Crippen molar-refractivity contribution in [2.45, 2.75) is 33.4 Å². The van der Waals surface area contributed by atoms with E-state index < -0.39 is 0 Å². The lowest BCUT2D eigenvalue weighted by atomic mass is 10.3. The second-order valence-corrected chi connectivity index (χ2v) is 6.17. The van der Waals surface area contributed by atoms with Crippen LogP contribution in [0, 0.1) is 0 Å². The Kier molecular flexibility index (Phi) is 6.16. The number of nitrogens with one attached hydrogen (secondary N) is 1. The molecule has 0 bridgehead atoms. The molecule has 1 aromatic rings. The molecule has 0 aliphatic rings. The van der Waals surface area contributed by atoms with Gasteiger partial charge < -0.3 is 5.32 Å². The van der Waals surface area contributed by atoms with Crippen LogP contribution in [0.3, 0.4) is 0 Å². The van der Waals surface area contributed by atoms with E-state index in [1.165, 1.54) is 4.88 Å². The van der Waals surface area contributed by atoms with E-state index in [2.05, 4.69) is 44.5 Å². The van der Waals surface area contributed by atoms with Crippen LogP contribution in [-0.2, 0) is 11.3 Å². The standard InChI is InChI=1S/C12H19BrN2OS/c1-4-15(7-12(16)14-9(2)3)6-11-5-10(13)8-17-11/h5,8-9H,4,6-7H2,1-3H3,(H,14,16). The smallest absolute Gasteiger partial charge is 0.234 e. The highest BCUT2D eigenvalue weighted by molar-refractivity contribution is 9.10. The molecule has 3 nitrogen and oxygen atoms in total. The molecule has 1 aromatic heterocycles. The van der Waals surface area contributed by atoms with Crippen LogP contribution in [0.2, 0.25) is 0 Å². The lowest BCUT2D eigenvalue weighted by Gasteiger charge is -2.19. The minimum atomic E-state index is 0.0949. The fraction of sp³-hybridized carbons (Fsp3) is 0.583. The lowest BCUT2D eigenvalue weighted by molar-refractivity contribution is -0.122. The van der Waals surface area contributed by atoms with Crippen LogP contribution in [0.25, 0.3) is 0 Å². The van der Waals surface area contributed by atoms with Gasteiger partial charge in [-0.05, 0) is 42.4 Å². The molecule has 17 heavy (non-hydrogen) atoms. The molecule has 0 aromatic carbocycles. The van der Waals surface area contributed by atoms with E-state index in [1.54, 1.807) is 11.3 Å². The van der Waals surface area contributed by atoms with Crippen molar-refractivity contribution in [3.8, 4) is 0 Å². The molecule has 1 heterocycles. The number of likely N-dealkylation sites (N-methyl/N-ethyl adjacent to an activating group) is 1. The van der Waals surface area contributed by atoms with Crippen molar-refractivity contribution >= 4 is 33.2 Å². The van der Waals surface area contributed by atoms with Gasteiger partial charge in [-0.2, -0.15) is 0 Å². The minimum Gasteiger partial charge on any atom is -0.353 e. The third kappa shape index (κ3) is 5.66. The van der Waals surface area contributed by atoms with Gasteiger partial charge in [0.15, 0.2) is 0 Å². The summed E-state index contributed by atoms with van der Waals surface area (Å²) in [6.07, 6.45) is 0. The van der Waals surface area contributed by atoms with E-state index in [0.29, 0.717) is 6.54 Å². The van der Waals surface area contributed by atoms with Gasteiger partial charge in [-0.15, -0.1) is 11.3 Å². The van der Waals surface area contributed by atoms with Gasteiger partial charge in [0, 0.05) is 27.3 Å². The van der Waals surface area contributed by atoms with Gasteiger partial charge in [0.25, 0.3) is 0 Å². The molecule has 1 rings (SSSR count). The molecule has 96 valence electrons. The number of carbonyl (C=O) groups excluding carboxylic acids is 1. The molecule has 0 fully saturated rings. The largest absolute Gasteiger partial charge is 0.353 e. The zero-order chi connectivity index (χ0) is 12.8. The van der Waals surface area contributed by atoms with E-state index >= 15 is 0 Å². The summed E-state index contributed by atoms with van der Waals surface area (Å²) in [5.41, 5.74) is 0. The van der Waals surface area contributed by atoms with Crippen LogP contribution in [0.4, 0.5) is 0 Å². The van der Waals surface area contributed by atoms with E-state index in [-0.39, 0.29) is 11.9 Å². The first kappa shape index (κ1) is 14.7. The van der Waals surface area contributed by atoms with Crippen LogP contribution >= 0.6 is 27.3 Å². The minimum absolute atomic E-state index is 0.0949. The summed E-state index contributed by atoms with van der Waals surface area (Å²) < 4.78 is 1.11. The van der Waals surface area contributed by atoms with Crippen molar-refractivity contribution in [2.24, 2.45) is 0 Å². The summed E-state index contributed by atoms with van der Waals surface area (Å²) >= 11 is 5.15. The predicted molar refractivity (Wildman–Crippen MR) is 76.2 cm³/mol. The van der Waals surface area contributed by atoms with Gasteiger partial charge in [-0.3, -0.25) is 9.69 Å². The highest BCUT2D eigenvalue weighted by Gasteiger charge is 2.11. The Labute approximate surface area is 115 Å². The van der Waals surface area contributed by atoms with Gasteiger partial charge >= 0.3 is 0 Å². The second kappa shape index (κ2) is 7.13. The summed E-state index contributed by atoms with van der Waals surface area (Å²) in [4.78, 5) is 15.1. The van der Waals surface area contributed by atoms with Crippen molar-refractivity contribution in [1.29, 1.82) is 0 Å². The Balaban J connectivity index is 2.46. The first-order valence-electron chi connectivity index (χ1n) is 5.76. The SMILES string of the molecule is CCN(CC(=O)NC(C)C)Cc1cc(Br)cs1. The number of hydrogen-bond acceptors (Lipinski definition) is 3. The monoisotopic (exact) mass is 318 g/mol. The Hall–Kier alpha value is -0.390. The maximum atomic E-state index is 11.7. The van der Waals surface area contributed by atoms with E-state index in [0.717, 1.165) is 17.6 Å². The predicted octanol–water partition coefficient (Wildman–Crippen LogP) is 2.86. The fourth-order valence-corrected chi connectivity index (χ4v) is 3.00. The molecule has 5 heteroatoms. The highest BCUT2D eigenvalue weighted by Crippen LogP contribution is 2.20. The van der Waals surface area contributed by atoms with Crippen LogP contribution in [0.15, 0.2) is 15.9 Å². The van der Waals surface area contributed by atoms with E-state index in [4.69, 9.17) is 0 Å². The van der Waals surface area contributed by atoms with Crippen molar-refractivity contribution < 1.29 is 4.79 Å². The summed E-state index contributed by atoms with van der Waals surface area (Å²) in [7, 11) is 0. The van der Waals surface area contributed by atoms with Crippen molar-refractivity contribution in [3.63, 3.8) is 0 Å². The number of thiophene rings is 1. The Bertz CT molecular complexity index is 365. The summed E-state index contributed by atoms with van der Waals surface area (Å²) in [6.45, 7) is 8.20. The molecule has 0 aliphatic carbocycles. The summed E-state index contributed by atoms with van der Waals surface area (Å²) in [6, 6.07) is 2.31. The first-order chi connectivity index (χ1) is 8.01. The number of rotatable bonds is 6. The van der Waals surface area contributed by atoms with Crippen LogP contribution in [0.1, 0.15) is 25.6 Å². The van der Waals surface area contributed by atoms with Gasteiger partial charge in [-0.1, -0.05) is 6.92 Å². The second-order valence-electron chi connectivity index (χ2n) is 4.26. The van der Waals surface area contributed by atoms with Crippen LogP contribution in [-0.4, -0.2) is 29.9 Å². The third-order valence-corrected chi connectivity index (χ3v) is 3.95. The number of amides is 1. The molecule has 0 saturated carbocycles. The maximum absolute atomic E-state index is 11.7. The number of carbonyl (C=O) groups is 1. The van der Waals surface area contributed by atoms with Crippen LogP contribution < -0.4 is 5.32 Å². The van der Waals surface area contributed by atoms with Gasteiger partial charge in [0.05, 0.1) is 6.54 Å². The molecule has 1 amide bonds. The molecule has 0 unspecified atom stereocenters. The molecule has 0 radical (unpaired) electrons. The molecule has 1 N–H and O–H groups in total. The number of hydrogen-bond donors (Lipinski definition) is 1. The molecular weight excluding hydrogens is 300 g/mol. The number of nitrogens with zero attached hydrogens (tertiary/aromatic N) is 1. The molecule has 0 atom stereocenters. The number of halogens is 1. The zero-order valence-corrected chi connectivity index (χ0v) is 12.9. The quantitative estimate of drug-likeness (QED) is 0.874. The Morgan fingerprint density at radius 1 is 1.59 bits per heavy atom. The third-order valence-electron chi connectivity index (χ3n) is 2.27. The fourth-order valence-electron chi connectivity index (χ4n) is 1.51. The van der Waals surface area contributed by atoms with Crippen LogP contribution in [0.5, 0.6) is 0 Å². The molecule has 0 aliphatic heterocycles. The summed E-state index contributed by atoms with van der Waals surface area (Å²) in [5.74, 6) is 0.0949. The molecule has 0 spiro atoms. The van der Waals surface area contributed by atoms with Gasteiger partial charge in [0.2, 0.25) is 5.91 Å². The molecule has 0 saturated heterocycles. The van der Waals surface area contributed by atoms with Crippen molar-refractivity contribution in [1.82, 2.24) is 10.2 Å². The lowest BCUT2D eigenvalue weighted by Crippen LogP contribution is -2.39. The normalized spacial score (nSPS) is 11.2. The van der Waals surface area contributed by atoms with Gasteiger partial charge in [-0.25, -0.2) is 0 Å². The molecular formula is C12H19BrN2OS. The van der Waals surface area contributed by atoms with E-state index in [1.807, 2.05) is 13.8 Å². The topological polar surface area (TPSA) is 32.3 Å². The average Bonchev–Trinajstić information content (AvgIpc) is 2.61. The van der Waals surface area contributed by atoms with Crippen molar-refractivity contribution in [3.05, 3.63) is 20.8 Å². The first-order valence-corrected chi connectivity index (χ1v) is 7.43. The summed E-state index contributed by atoms with van der Waals surface area (Å²) in [5, 5.41) is 4.98. The Morgan fingerprint density at radius 3 is 2.76 bits per heavy atom. The maximum Gasteiger partial charge on any atom is 0.234 e. The average molecular weight is 319 g/mol. The van der Waals surface area contributed by atoms with E-state index in [9.17, 15) is 4.79 Å². The van der Waals surface area contributed by atoms with Gasteiger partial charge in [0.1, 0.15) is 0 Å². The Morgan fingerprint density at radius 2 is 2.29 bits per heavy atom. The highest BCUT2D eigenvalue weighted by atomic mass is 79.9.